The minimum absolute atomic E-state index is 0.210. The van der Waals surface area contributed by atoms with Crippen molar-refractivity contribution in [3.05, 3.63) is 89.1 Å². The number of pyridine rings is 1. The molecule has 0 unspecified atom stereocenters. The quantitative estimate of drug-likeness (QED) is 0.513. The molecular weight excluding hydrogens is 346 g/mol. The van der Waals surface area contributed by atoms with Crippen LogP contribution in [0.2, 0.25) is 5.02 Å². The molecule has 2 aromatic heterocycles. The molecule has 0 aliphatic rings. The standard InChI is InChI=1S/C21H16ClN3O/c1-14-10-11-25-18(12-14)23-19(15-6-3-2-4-7-15)20(25)24-21(26)16-8-5-9-17(22)13-16/h2-13H,1H3,(H,24,26)/p+1. The predicted molar refractivity (Wildman–Crippen MR) is 104 cm³/mol. The summed E-state index contributed by atoms with van der Waals surface area (Å²) in [6, 6.07) is 20.9. The normalized spacial score (nSPS) is 10.8. The summed E-state index contributed by atoms with van der Waals surface area (Å²) >= 11 is 6.02. The summed E-state index contributed by atoms with van der Waals surface area (Å²) in [5.41, 5.74) is 4.41. The molecule has 0 aliphatic heterocycles. The Morgan fingerprint density at radius 2 is 1.85 bits per heavy atom. The van der Waals surface area contributed by atoms with E-state index in [1.807, 2.05) is 60.0 Å². The van der Waals surface area contributed by atoms with Crippen LogP contribution in [0.4, 0.5) is 5.82 Å². The first-order chi connectivity index (χ1) is 12.6. The van der Waals surface area contributed by atoms with E-state index in [9.17, 15) is 4.79 Å². The van der Waals surface area contributed by atoms with E-state index in [-0.39, 0.29) is 5.91 Å². The Balaban J connectivity index is 1.83. The molecule has 0 atom stereocenters. The summed E-state index contributed by atoms with van der Waals surface area (Å²) in [7, 11) is 0. The lowest BCUT2D eigenvalue weighted by Crippen LogP contribution is -2.27. The molecule has 0 bridgehead atoms. The van der Waals surface area contributed by atoms with Crippen molar-refractivity contribution in [2.24, 2.45) is 0 Å². The van der Waals surface area contributed by atoms with E-state index in [0.717, 1.165) is 22.5 Å². The van der Waals surface area contributed by atoms with Crippen molar-refractivity contribution in [3.63, 3.8) is 0 Å². The lowest BCUT2D eigenvalue weighted by atomic mass is 10.1. The monoisotopic (exact) mass is 362 g/mol. The van der Waals surface area contributed by atoms with Crippen LogP contribution in [0.3, 0.4) is 0 Å². The number of amides is 1. The molecule has 0 radical (unpaired) electrons. The highest BCUT2D eigenvalue weighted by Gasteiger charge is 2.23. The summed E-state index contributed by atoms with van der Waals surface area (Å²) in [6.45, 7) is 2.03. The molecule has 1 amide bonds. The first-order valence-electron chi connectivity index (χ1n) is 8.28. The number of aromatic amines is 1. The van der Waals surface area contributed by atoms with Gasteiger partial charge in [-0.2, -0.15) is 0 Å². The largest absolute Gasteiger partial charge is 0.311 e. The van der Waals surface area contributed by atoms with Gasteiger partial charge in [-0.05, 0) is 36.8 Å². The highest BCUT2D eigenvalue weighted by molar-refractivity contribution is 6.31. The van der Waals surface area contributed by atoms with Crippen molar-refractivity contribution >= 4 is 29.0 Å². The molecule has 4 nitrogen and oxygen atoms in total. The van der Waals surface area contributed by atoms with Crippen LogP contribution in [0.25, 0.3) is 16.9 Å². The number of benzene rings is 2. The Bertz CT molecular complexity index is 1100. The van der Waals surface area contributed by atoms with E-state index >= 15 is 0 Å². The number of aromatic nitrogens is 2. The fourth-order valence-corrected chi connectivity index (χ4v) is 3.14. The van der Waals surface area contributed by atoms with Crippen molar-refractivity contribution in [2.75, 3.05) is 5.32 Å². The zero-order chi connectivity index (χ0) is 18.1. The molecule has 5 heteroatoms. The molecular formula is C21H17ClN3O+. The number of hydrogen-bond acceptors (Lipinski definition) is 1. The SMILES string of the molecule is Cc1cc[n+]2c(NC(=O)c3cccc(Cl)c3)c(-c3ccccc3)[nH]c2c1. The lowest BCUT2D eigenvalue weighted by Gasteiger charge is -2.03. The van der Waals surface area contributed by atoms with Crippen LogP contribution in [0.5, 0.6) is 0 Å². The smallest absolute Gasteiger partial charge is 0.267 e. The van der Waals surface area contributed by atoms with Gasteiger partial charge >= 0.3 is 5.91 Å². The number of halogens is 1. The van der Waals surface area contributed by atoms with Gasteiger partial charge in [-0.25, -0.2) is 9.72 Å². The molecule has 2 heterocycles. The topological polar surface area (TPSA) is 49.0 Å². The minimum atomic E-state index is -0.210. The number of carbonyl (C=O) groups excluding carboxylic acids is 1. The van der Waals surface area contributed by atoms with Crippen molar-refractivity contribution in [3.8, 4) is 11.3 Å². The number of aryl methyl sites for hydroxylation is 1. The van der Waals surface area contributed by atoms with E-state index in [4.69, 9.17) is 11.6 Å². The predicted octanol–water partition coefficient (Wildman–Crippen LogP) is 4.63. The minimum Gasteiger partial charge on any atom is -0.267 e. The van der Waals surface area contributed by atoms with E-state index in [1.165, 1.54) is 0 Å². The van der Waals surface area contributed by atoms with Crippen molar-refractivity contribution < 1.29 is 9.20 Å². The Labute approximate surface area is 156 Å². The highest BCUT2D eigenvalue weighted by atomic mass is 35.5. The molecule has 2 aromatic carbocycles. The first kappa shape index (κ1) is 16.4. The number of hydrogen-bond donors (Lipinski definition) is 2. The van der Waals surface area contributed by atoms with Crippen LogP contribution < -0.4 is 9.72 Å². The zero-order valence-electron chi connectivity index (χ0n) is 14.2. The molecule has 0 saturated carbocycles. The van der Waals surface area contributed by atoms with Gasteiger partial charge in [0.15, 0.2) is 5.69 Å². The third-order valence-electron chi connectivity index (χ3n) is 4.22. The average molecular weight is 363 g/mol. The Hall–Kier alpha value is -3.11. The van der Waals surface area contributed by atoms with Crippen molar-refractivity contribution in [1.82, 2.24) is 4.98 Å². The number of imidazole rings is 1. The molecule has 0 saturated heterocycles. The number of nitrogens with zero attached hydrogens (tertiary/aromatic N) is 1. The van der Waals surface area contributed by atoms with Crippen LogP contribution in [0.1, 0.15) is 15.9 Å². The third-order valence-corrected chi connectivity index (χ3v) is 4.46. The first-order valence-corrected chi connectivity index (χ1v) is 8.66. The third kappa shape index (κ3) is 3.07. The fraction of sp³-hybridized carbons (Fsp3) is 0.0476. The summed E-state index contributed by atoms with van der Waals surface area (Å²) in [5, 5.41) is 3.56. The van der Waals surface area contributed by atoms with Crippen LogP contribution in [0, 0.1) is 6.92 Å². The maximum atomic E-state index is 12.8. The highest BCUT2D eigenvalue weighted by Crippen LogP contribution is 2.25. The molecule has 0 fully saturated rings. The van der Waals surface area contributed by atoms with Crippen LogP contribution in [-0.4, -0.2) is 10.9 Å². The van der Waals surface area contributed by atoms with Crippen molar-refractivity contribution in [2.45, 2.75) is 6.92 Å². The van der Waals surface area contributed by atoms with Gasteiger partial charge in [0.25, 0.3) is 5.82 Å². The van der Waals surface area contributed by atoms with E-state index < -0.39 is 0 Å². The molecule has 2 N–H and O–H groups in total. The second-order valence-corrected chi connectivity index (χ2v) is 6.57. The van der Waals surface area contributed by atoms with Crippen molar-refractivity contribution in [1.29, 1.82) is 0 Å². The van der Waals surface area contributed by atoms with Gasteiger partial charge in [0.2, 0.25) is 5.65 Å². The fourth-order valence-electron chi connectivity index (χ4n) is 2.95. The van der Waals surface area contributed by atoms with Gasteiger partial charge in [-0.15, -0.1) is 0 Å². The van der Waals surface area contributed by atoms with Gasteiger partial charge in [-0.3, -0.25) is 9.78 Å². The zero-order valence-corrected chi connectivity index (χ0v) is 14.9. The number of nitrogens with one attached hydrogen (secondary N) is 2. The summed E-state index contributed by atoms with van der Waals surface area (Å²) in [6.07, 6.45) is 1.95. The number of H-pyrrole nitrogens is 1. The molecule has 4 rings (SSSR count). The maximum Gasteiger partial charge on any atom is 0.311 e. The number of carbonyl (C=O) groups is 1. The molecule has 4 aromatic rings. The molecule has 128 valence electrons. The van der Waals surface area contributed by atoms with Gasteiger partial charge in [0.05, 0.1) is 11.8 Å². The summed E-state index contributed by atoms with van der Waals surface area (Å²) in [4.78, 5) is 16.2. The number of rotatable bonds is 3. The second-order valence-electron chi connectivity index (χ2n) is 6.14. The van der Waals surface area contributed by atoms with Crippen LogP contribution >= 0.6 is 11.6 Å². The second kappa shape index (κ2) is 6.65. The van der Waals surface area contributed by atoms with Gasteiger partial charge in [0, 0.05) is 16.7 Å². The van der Waals surface area contributed by atoms with E-state index in [0.29, 0.717) is 16.4 Å². The molecule has 26 heavy (non-hydrogen) atoms. The summed E-state index contributed by atoms with van der Waals surface area (Å²) in [5.74, 6) is 0.481. The number of anilines is 1. The number of fused-ring (bicyclic) bond motifs is 1. The summed E-state index contributed by atoms with van der Waals surface area (Å²) < 4.78 is 1.94. The Kier molecular flexibility index (Phi) is 4.19. The Morgan fingerprint density at radius 1 is 1.04 bits per heavy atom. The van der Waals surface area contributed by atoms with Gasteiger partial charge < -0.3 is 0 Å². The van der Waals surface area contributed by atoms with Crippen LogP contribution in [-0.2, 0) is 0 Å². The van der Waals surface area contributed by atoms with Crippen LogP contribution in [0.15, 0.2) is 72.9 Å². The van der Waals surface area contributed by atoms with Gasteiger partial charge in [0.1, 0.15) is 0 Å². The van der Waals surface area contributed by atoms with Gasteiger partial charge in [-0.1, -0.05) is 48.0 Å². The average Bonchev–Trinajstić information content (AvgIpc) is 3.00. The lowest BCUT2D eigenvalue weighted by molar-refractivity contribution is -0.493. The molecule has 0 spiro atoms. The maximum absolute atomic E-state index is 12.8. The Morgan fingerprint density at radius 3 is 2.62 bits per heavy atom. The molecule has 0 aliphatic carbocycles. The van der Waals surface area contributed by atoms with E-state index in [1.54, 1.807) is 24.3 Å². The van der Waals surface area contributed by atoms with E-state index in [2.05, 4.69) is 10.3 Å².